The zero-order valence-electron chi connectivity index (χ0n) is 15.6. The first-order chi connectivity index (χ1) is 12.8. The fourth-order valence-corrected chi connectivity index (χ4v) is 2.80. The maximum absolute atomic E-state index is 5.38. The highest BCUT2D eigenvalue weighted by atomic mass is 127. The summed E-state index contributed by atoms with van der Waals surface area (Å²) in [5, 5.41) is 15.0. The van der Waals surface area contributed by atoms with Gasteiger partial charge in [0.15, 0.2) is 11.6 Å². The number of aromatic nitrogens is 3. The normalized spacial score (nSPS) is 11.1. The minimum absolute atomic E-state index is 0. The van der Waals surface area contributed by atoms with Crippen molar-refractivity contribution in [2.45, 2.75) is 12.8 Å². The topological polar surface area (TPSA) is 75.8 Å². The first-order valence-electron chi connectivity index (χ1n) is 8.67. The highest BCUT2D eigenvalue weighted by Gasteiger charge is 2.05. The van der Waals surface area contributed by atoms with Crippen LogP contribution in [0.2, 0.25) is 0 Å². The van der Waals surface area contributed by atoms with Crippen LogP contribution >= 0.6 is 24.0 Å². The van der Waals surface area contributed by atoms with Gasteiger partial charge in [0.1, 0.15) is 11.6 Å². The van der Waals surface area contributed by atoms with Crippen molar-refractivity contribution in [3.8, 4) is 5.75 Å². The SMILES string of the molecule is CN=C(NCCc1ccccc1OC)NCCc1nnc2ccccn12.I. The van der Waals surface area contributed by atoms with E-state index in [4.69, 9.17) is 4.74 Å². The summed E-state index contributed by atoms with van der Waals surface area (Å²) in [7, 11) is 3.46. The number of nitrogens with one attached hydrogen (secondary N) is 2. The van der Waals surface area contributed by atoms with Gasteiger partial charge in [0, 0.05) is 32.8 Å². The second kappa shape index (κ2) is 10.7. The molecule has 3 aromatic rings. The number of guanidine groups is 1. The van der Waals surface area contributed by atoms with E-state index in [0.29, 0.717) is 0 Å². The number of aliphatic imine (C=N–C) groups is 1. The van der Waals surface area contributed by atoms with E-state index in [1.165, 1.54) is 5.56 Å². The summed E-state index contributed by atoms with van der Waals surface area (Å²) in [6, 6.07) is 13.9. The smallest absolute Gasteiger partial charge is 0.191 e. The molecule has 0 bridgehead atoms. The molecule has 0 atom stereocenters. The first kappa shape index (κ1) is 20.9. The average molecular weight is 480 g/mol. The molecule has 3 rings (SSSR count). The minimum atomic E-state index is 0. The summed E-state index contributed by atoms with van der Waals surface area (Å²) in [4.78, 5) is 4.26. The second-order valence-corrected chi connectivity index (χ2v) is 5.78. The van der Waals surface area contributed by atoms with Gasteiger partial charge in [-0.1, -0.05) is 24.3 Å². The van der Waals surface area contributed by atoms with Gasteiger partial charge in [-0.15, -0.1) is 34.2 Å². The van der Waals surface area contributed by atoms with Gasteiger partial charge in [0.05, 0.1) is 7.11 Å². The van der Waals surface area contributed by atoms with Crippen LogP contribution in [0.15, 0.2) is 53.7 Å². The van der Waals surface area contributed by atoms with Crippen molar-refractivity contribution in [1.82, 2.24) is 25.2 Å². The number of pyridine rings is 1. The van der Waals surface area contributed by atoms with Gasteiger partial charge in [0.2, 0.25) is 0 Å². The first-order valence-corrected chi connectivity index (χ1v) is 8.67. The zero-order valence-corrected chi connectivity index (χ0v) is 17.9. The number of rotatable bonds is 7. The Morgan fingerprint density at radius 3 is 2.56 bits per heavy atom. The van der Waals surface area contributed by atoms with Crippen LogP contribution in [0.4, 0.5) is 0 Å². The standard InChI is InChI=1S/C19H24N6O.HI/c1-20-19(21-12-10-15-7-3-4-8-16(15)26-2)22-13-11-18-24-23-17-9-5-6-14-25(17)18;/h3-9,14H,10-13H2,1-2H3,(H2,20,21,22);1H. The molecule has 0 saturated heterocycles. The number of nitrogens with zero attached hydrogens (tertiary/aromatic N) is 4. The van der Waals surface area contributed by atoms with Gasteiger partial charge in [-0.05, 0) is 30.2 Å². The Labute approximate surface area is 176 Å². The Bertz CT molecular complexity index is 879. The highest BCUT2D eigenvalue weighted by Crippen LogP contribution is 2.17. The third-order valence-electron chi connectivity index (χ3n) is 4.13. The lowest BCUT2D eigenvalue weighted by Crippen LogP contribution is -2.39. The van der Waals surface area contributed by atoms with Crippen LogP contribution in [0, 0.1) is 0 Å². The molecule has 2 N–H and O–H groups in total. The molecule has 0 fully saturated rings. The van der Waals surface area contributed by atoms with Gasteiger partial charge >= 0.3 is 0 Å². The number of hydrogen-bond acceptors (Lipinski definition) is 4. The molecule has 27 heavy (non-hydrogen) atoms. The van der Waals surface area contributed by atoms with Crippen molar-refractivity contribution >= 4 is 35.6 Å². The Morgan fingerprint density at radius 2 is 1.78 bits per heavy atom. The van der Waals surface area contributed by atoms with Crippen LogP contribution in [-0.2, 0) is 12.8 Å². The molecule has 0 amide bonds. The lowest BCUT2D eigenvalue weighted by Gasteiger charge is -2.12. The lowest BCUT2D eigenvalue weighted by molar-refractivity contribution is 0.409. The van der Waals surface area contributed by atoms with Gasteiger partial charge < -0.3 is 15.4 Å². The van der Waals surface area contributed by atoms with Crippen molar-refractivity contribution in [1.29, 1.82) is 0 Å². The quantitative estimate of drug-likeness (QED) is 0.309. The molecule has 0 aliphatic heterocycles. The van der Waals surface area contributed by atoms with Gasteiger partial charge in [-0.2, -0.15) is 0 Å². The number of hydrogen-bond donors (Lipinski definition) is 2. The minimum Gasteiger partial charge on any atom is -0.496 e. The van der Waals surface area contributed by atoms with E-state index in [0.717, 1.165) is 49.1 Å². The highest BCUT2D eigenvalue weighted by molar-refractivity contribution is 14.0. The summed E-state index contributed by atoms with van der Waals surface area (Å²) in [6.45, 7) is 1.50. The largest absolute Gasteiger partial charge is 0.496 e. The van der Waals surface area contributed by atoms with Crippen LogP contribution in [0.1, 0.15) is 11.4 Å². The summed E-state index contributed by atoms with van der Waals surface area (Å²) in [5.74, 6) is 2.61. The molecule has 8 heteroatoms. The van der Waals surface area contributed by atoms with Crippen LogP contribution in [0.3, 0.4) is 0 Å². The number of para-hydroxylation sites is 1. The van der Waals surface area contributed by atoms with Crippen LogP contribution in [0.5, 0.6) is 5.75 Å². The third-order valence-corrected chi connectivity index (χ3v) is 4.13. The number of halogens is 1. The lowest BCUT2D eigenvalue weighted by atomic mass is 10.1. The molecule has 0 aliphatic rings. The fraction of sp³-hybridized carbons (Fsp3) is 0.316. The molecular weight excluding hydrogens is 455 g/mol. The Balaban J connectivity index is 0.00000261. The van der Waals surface area contributed by atoms with E-state index in [1.54, 1.807) is 14.2 Å². The molecular formula is C19H25IN6O. The number of methoxy groups -OCH3 is 1. The van der Waals surface area contributed by atoms with Crippen molar-refractivity contribution in [3.63, 3.8) is 0 Å². The number of ether oxygens (including phenoxy) is 1. The summed E-state index contributed by atoms with van der Waals surface area (Å²) in [5.41, 5.74) is 2.04. The zero-order chi connectivity index (χ0) is 18.2. The van der Waals surface area contributed by atoms with Gasteiger partial charge in [-0.25, -0.2) is 0 Å². The fourth-order valence-electron chi connectivity index (χ4n) is 2.80. The summed E-state index contributed by atoms with van der Waals surface area (Å²) < 4.78 is 7.38. The number of fused-ring (bicyclic) bond motifs is 1. The van der Waals surface area contributed by atoms with Crippen molar-refractivity contribution in [3.05, 3.63) is 60.0 Å². The maximum Gasteiger partial charge on any atom is 0.191 e. The van der Waals surface area contributed by atoms with E-state index in [9.17, 15) is 0 Å². The van der Waals surface area contributed by atoms with Crippen molar-refractivity contribution in [2.24, 2.45) is 4.99 Å². The monoisotopic (exact) mass is 480 g/mol. The van der Waals surface area contributed by atoms with E-state index in [-0.39, 0.29) is 24.0 Å². The van der Waals surface area contributed by atoms with Gasteiger partial charge in [-0.3, -0.25) is 9.39 Å². The molecule has 0 radical (unpaired) electrons. The Morgan fingerprint density at radius 1 is 1.04 bits per heavy atom. The summed E-state index contributed by atoms with van der Waals surface area (Å²) >= 11 is 0. The molecule has 7 nitrogen and oxygen atoms in total. The van der Waals surface area contributed by atoms with E-state index in [1.807, 2.05) is 47.0 Å². The predicted octanol–water partition coefficient (Wildman–Crippen LogP) is 2.31. The second-order valence-electron chi connectivity index (χ2n) is 5.78. The van der Waals surface area contributed by atoms with E-state index >= 15 is 0 Å². The molecule has 0 unspecified atom stereocenters. The molecule has 2 heterocycles. The average Bonchev–Trinajstić information content (AvgIpc) is 3.10. The molecule has 0 saturated carbocycles. The predicted molar refractivity (Wildman–Crippen MR) is 118 cm³/mol. The van der Waals surface area contributed by atoms with E-state index < -0.39 is 0 Å². The Kier molecular flexibility index (Phi) is 8.31. The van der Waals surface area contributed by atoms with Crippen LogP contribution < -0.4 is 15.4 Å². The van der Waals surface area contributed by atoms with Crippen LogP contribution in [-0.4, -0.2) is 47.8 Å². The van der Waals surface area contributed by atoms with Crippen molar-refractivity contribution < 1.29 is 4.74 Å². The molecule has 0 aliphatic carbocycles. The third kappa shape index (κ3) is 5.56. The molecule has 2 aromatic heterocycles. The Hall–Kier alpha value is -2.36. The molecule has 0 spiro atoms. The van der Waals surface area contributed by atoms with E-state index in [2.05, 4.69) is 31.9 Å². The summed E-state index contributed by atoms with van der Waals surface area (Å²) in [6.07, 6.45) is 3.60. The molecule has 144 valence electrons. The van der Waals surface area contributed by atoms with Gasteiger partial charge in [0.25, 0.3) is 0 Å². The van der Waals surface area contributed by atoms with Crippen LogP contribution in [0.25, 0.3) is 5.65 Å². The number of benzene rings is 1. The van der Waals surface area contributed by atoms with Crippen molar-refractivity contribution in [2.75, 3.05) is 27.2 Å². The molecule has 1 aromatic carbocycles. The maximum atomic E-state index is 5.38.